The number of hydrogen-bond acceptors (Lipinski definition) is 8. The lowest BCUT2D eigenvalue weighted by Crippen LogP contribution is -2.26. The summed E-state index contributed by atoms with van der Waals surface area (Å²) < 4.78 is 21.9. The van der Waals surface area contributed by atoms with Crippen molar-refractivity contribution >= 4 is 17.5 Å². The lowest BCUT2D eigenvalue weighted by Gasteiger charge is -2.14. The van der Waals surface area contributed by atoms with Crippen LogP contribution in [-0.2, 0) is 16.1 Å². The Morgan fingerprint density at radius 3 is 2.88 bits per heavy atom. The van der Waals surface area contributed by atoms with E-state index in [0.29, 0.717) is 41.4 Å². The Hall–Kier alpha value is -3.86. The van der Waals surface area contributed by atoms with Crippen molar-refractivity contribution in [2.24, 2.45) is 11.1 Å². The summed E-state index contributed by atoms with van der Waals surface area (Å²) >= 11 is 0. The first-order valence-electron chi connectivity index (χ1n) is 10.0. The SMILES string of the molecule is O=C1O[C@@H](Cn2ccnn2)CN1c1ccc(-c2ccc(C3=NOC[C@@H]3CO)nc2)c(F)c1. The largest absolute Gasteiger partial charge is 0.442 e. The summed E-state index contributed by atoms with van der Waals surface area (Å²) in [6.07, 6.45) is 3.83. The molecule has 0 unspecified atom stereocenters. The van der Waals surface area contributed by atoms with Crippen LogP contribution in [0.4, 0.5) is 14.9 Å². The predicted octanol–water partition coefficient (Wildman–Crippen LogP) is 1.85. The van der Waals surface area contributed by atoms with Gasteiger partial charge in [-0.1, -0.05) is 16.4 Å². The summed E-state index contributed by atoms with van der Waals surface area (Å²) in [6.45, 7) is 0.874. The number of pyridine rings is 1. The molecule has 1 N–H and O–H groups in total. The second kappa shape index (κ2) is 8.35. The molecule has 2 aliphatic heterocycles. The average Bonchev–Trinajstić information content (AvgIpc) is 3.55. The van der Waals surface area contributed by atoms with Crippen molar-refractivity contribution in [2.75, 3.05) is 24.7 Å². The summed E-state index contributed by atoms with van der Waals surface area (Å²) in [5, 5.41) is 20.9. The van der Waals surface area contributed by atoms with Crippen LogP contribution in [0.15, 0.2) is 54.1 Å². The number of aromatic nitrogens is 4. The van der Waals surface area contributed by atoms with Crippen LogP contribution in [0.2, 0.25) is 0 Å². The Labute approximate surface area is 181 Å². The summed E-state index contributed by atoms with van der Waals surface area (Å²) in [5.41, 5.74) is 2.47. The lowest BCUT2D eigenvalue weighted by molar-refractivity contribution is 0.129. The van der Waals surface area contributed by atoms with Gasteiger partial charge in [-0.05, 0) is 24.3 Å². The number of benzene rings is 1. The molecule has 0 bridgehead atoms. The molecule has 0 aliphatic carbocycles. The highest BCUT2D eigenvalue weighted by molar-refractivity contribution is 6.01. The molecule has 1 saturated heterocycles. The fourth-order valence-electron chi connectivity index (χ4n) is 3.72. The first-order chi connectivity index (χ1) is 15.6. The predicted molar refractivity (Wildman–Crippen MR) is 110 cm³/mol. The molecule has 1 amide bonds. The highest BCUT2D eigenvalue weighted by Crippen LogP contribution is 2.29. The van der Waals surface area contributed by atoms with Crippen LogP contribution >= 0.6 is 0 Å². The average molecular weight is 438 g/mol. The second-order valence-corrected chi connectivity index (χ2v) is 7.49. The van der Waals surface area contributed by atoms with E-state index in [1.54, 1.807) is 47.5 Å². The van der Waals surface area contributed by atoms with E-state index < -0.39 is 18.0 Å². The number of carbonyl (C=O) groups is 1. The molecule has 164 valence electrons. The molecule has 2 aliphatic rings. The van der Waals surface area contributed by atoms with Gasteiger partial charge in [0.2, 0.25) is 0 Å². The summed E-state index contributed by atoms with van der Waals surface area (Å²) in [7, 11) is 0. The van der Waals surface area contributed by atoms with Gasteiger partial charge in [-0.2, -0.15) is 0 Å². The number of oxime groups is 1. The van der Waals surface area contributed by atoms with Gasteiger partial charge >= 0.3 is 6.09 Å². The van der Waals surface area contributed by atoms with Gasteiger partial charge in [0, 0.05) is 23.5 Å². The smallest absolute Gasteiger partial charge is 0.414 e. The Bertz CT molecular complexity index is 1150. The second-order valence-electron chi connectivity index (χ2n) is 7.49. The number of ether oxygens (including phenoxy) is 1. The third-order valence-corrected chi connectivity index (χ3v) is 5.38. The highest BCUT2D eigenvalue weighted by Gasteiger charge is 2.33. The molecule has 1 fully saturated rings. The molecule has 0 saturated carbocycles. The van der Waals surface area contributed by atoms with Gasteiger partial charge in [0.25, 0.3) is 0 Å². The summed E-state index contributed by atoms with van der Waals surface area (Å²) in [5.74, 6) is -0.711. The van der Waals surface area contributed by atoms with E-state index in [-0.39, 0.29) is 19.1 Å². The molecule has 4 heterocycles. The minimum Gasteiger partial charge on any atom is -0.442 e. The van der Waals surface area contributed by atoms with Crippen molar-refractivity contribution in [3.63, 3.8) is 0 Å². The van der Waals surface area contributed by atoms with Crippen LogP contribution in [0, 0.1) is 11.7 Å². The zero-order valence-corrected chi connectivity index (χ0v) is 16.8. The van der Waals surface area contributed by atoms with Crippen LogP contribution in [-0.4, -0.2) is 62.8 Å². The highest BCUT2D eigenvalue weighted by atomic mass is 19.1. The van der Waals surface area contributed by atoms with E-state index in [0.717, 1.165) is 0 Å². The third kappa shape index (κ3) is 3.78. The number of nitrogens with zero attached hydrogens (tertiary/aromatic N) is 6. The molecular weight excluding hydrogens is 419 g/mol. The Balaban J connectivity index is 1.32. The van der Waals surface area contributed by atoms with Crippen molar-refractivity contribution in [2.45, 2.75) is 12.6 Å². The lowest BCUT2D eigenvalue weighted by atomic mass is 10.0. The molecule has 10 nitrogen and oxygen atoms in total. The van der Waals surface area contributed by atoms with Crippen LogP contribution in [0.3, 0.4) is 0 Å². The number of rotatable bonds is 6. The maximum absolute atomic E-state index is 14.9. The maximum atomic E-state index is 14.9. The number of anilines is 1. The standard InChI is InChI=1S/C21H19FN6O4/c22-18-7-15(28-10-16(32-21(28)30)9-27-6-5-24-26-27)2-3-17(18)13-1-4-19(23-8-13)20-14(11-29)12-31-25-20/h1-8,14,16,29H,9-12H2/t14-,16-/m0/s1. The van der Waals surface area contributed by atoms with Crippen LogP contribution < -0.4 is 4.90 Å². The summed E-state index contributed by atoms with van der Waals surface area (Å²) in [6, 6.07) is 8.02. The van der Waals surface area contributed by atoms with Crippen LogP contribution in [0.25, 0.3) is 11.1 Å². The first-order valence-corrected chi connectivity index (χ1v) is 10.0. The van der Waals surface area contributed by atoms with Gasteiger partial charge in [0.1, 0.15) is 24.2 Å². The number of aliphatic hydroxyl groups is 1. The van der Waals surface area contributed by atoms with Crippen molar-refractivity contribution in [1.82, 2.24) is 20.0 Å². The van der Waals surface area contributed by atoms with Gasteiger partial charge in [-0.15, -0.1) is 5.10 Å². The van der Waals surface area contributed by atoms with E-state index in [2.05, 4.69) is 20.5 Å². The van der Waals surface area contributed by atoms with Gasteiger partial charge in [0.05, 0.1) is 43.2 Å². The number of cyclic esters (lactones) is 1. The van der Waals surface area contributed by atoms with Gasteiger partial charge in [-0.25, -0.2) is 13.9 Å². The molecule has 3 aromatic rings. The zero-order chi connectivity index (χ0) is 22.1. The number of carbonyl (C=O) groups excluding carboxylic acids is 1. The van der Waals surface area contributed by atoms with Crippen LogP contribution in [0.5, 0.6) is 0 Å². The Morgan fingerprint density at radius 2 is 2.16 bits per heavy atom. The molecule has 0 spiro atoms. The topological polar surface area (TPSA) is 115 Å². The molecule has 11 heteroatoms. The Kier molecular flexibility index (Phi) is 5.23. The van der Waals surface area contributed by atoms with Crippen molar-refractivity contribution < 1.29 is 23.9 Å². The van der Waals surface area contributed by atoms with E-state index in [4.69, 9.17) is 9.57 Å². The number of hydrogen-bond donors (Lipinski definition) is 1. The van der Waals surface area contributed by atoms with E-state index in [1.165, 1.54) is 11.0 Å². The van der Waals surface area contributed by atoms with Crippen molar-refractivity contribution in [3.05, 3.63) is 60.4 Å². The van der Waals surface area contributed by atoms with Gasteiger partial charge in [-0.3, -0.25) is 9.88 Å². The number of halogens is 1. The quantitative estimate of drug-likeness (QED) is 0.625. The van der Waals surface area contributed by atoms with Crippen molar-refractivity contribution in [3.8, 4) is 11.1 Å². The molecule has 0 radical (unpaired) electrons. The van der Waals surface area contributed by atoms with Gasteiger partial charge in [0.15, 0.2) is 0 Å². The first kappa shape index (κ1) is 20.1. The summed E-state index contributed by atoms with van der Waals surface area (Å²) in [4.78, 5) is 23.1. The fourth-order valence-corrected chi connectivity index (χ4v) is 3.72. The van der Waals surface area contributed by atoms with Crippen molar-refractivity contribution in [1.29, 1.82) is 0 Å². The third-order valence-electron chi connectivity index (χ3n) is 5.38. The van der Waals surface area contributed by atoms with Crippen LogP contribution in [0.1, 0.15) is 5.69 Å². The Morgan fingerprint density at radius 1 is 1.25 bits per heavy atom. The minimum atomic E-state index is -0.536. The molecule has 32 heavy (non-hydrogen) atoms. The van der Waals surface area contributed by atoms with E-state index in [1.807, 2.05) is 0 Å². The maximum Gasteiger partial charge on any atom is 0.414 e. The number of aliphatic hydroxyl groups excluding tert-OH is 1. The molecular formula is C21H19FN6O4. The van der Waals surface area contributed by atoms with Gasteiger partial charge < -0.3 is 14.7 Å². The monoisotopic (exact) mass is 438 g/mol. The molecule has 5 rings (SSSR count). The molecule has 2 aromatic heterocycles. The molecule has 1 aromatic carbocycles. The zero-order valence-electron chi connectivity index (χ0n) is 16.8. The van der Waals surface area contributed by atoms with E-state index in [9.17, 15) is 14.3 Å². The molecule has 2 atom stereocenters. The fraction of sp³-hybridized carbons (Fsp3) is 0.286. The normalized spacial score (nSPS) is 20.2. The minimum absolute atomic E-state index is 0.0863. The number of amides is 1. The van der Waals surface area contributed by atoms with E-state index >= 15 is 0 Å².